The first-order chi connectivity index (χ1) is 8.71. The number of rotatable bonds is 3. The summed E-state index contributed by atoms with van der Waals surface area (Å²) in [5.74, 6) is 0.202. The Kier molecular flexibility index (Phi) is 5.62. The van der Waals surface area contributed by atoms with Gasteiger partial charge in [-0.15, -0.1) is 0 Å². The van der Waals surface area contributed by atoms with E-state index in [-0.39, 0.29) is 24.2 Å². The van der Waals surface area contributed by atoms with Crippen LogP contribution in [0.15, 0.2) is 0 Å². The fourth-order valence-corrected chi connectivity index (χ4v) is 2.42. The maximum absolute atomic E-state index is 11.8. The maximum atomic E-state index is 11.8. The smallest absolute Gasteiger partial charge is 0.407 e. The quantitative estimate of drug-likeness (QED) is 0.819. The molecule has 0 aliphatic carbocycles. The maximum Gasteiger partial charge on any atom is 0.407 e. The number of hydrogen-bond acceptors (Lipinski definition) is 4. The number of amides is 1. The van der Waals surface area contributed by atoms with Crippen LogP contribution in [-0.2, 0) is 4.74 Å². The van der Waals surface area contributed by atoms with E-state index in [4.69, 9.17) is 4.74 Å². The highest BCUT2D eigenvalue weighted by Crippen LogP contribution is 2.20. The second-order valence-corrected chi connectivity index (χ2v) is 6.43. The van der Waals surface area contributed by atoms with Crippen LogP contribution < -0.4 is 5.32 Å². The van der Waals surface area contributed by atoms with E-state index in [1.807, 2.05) is 27.7 Å². The van der Waals surface area contributed by atoms with Crippen molar-refractivity contribution in [1.82, 2.24) is 10.2 Å². The van der Waals surface area contributed by atoms with E-state index in [1.54, 1.807) is 0 Å². The lowest BCUT2D eigenvalue weighted by atomic mass is 9.90. The van der Waals surface area contributed by atoms with Crippen LogP contribution in [0.25, 0.3) is 0 Å². The summed E-state index contributed by atoms with van der Waals surface area (Å²) in [4.78, 5) is 14.0. The monoisotopic (exact) mass is 272 g/mol. The highest BCUT2D eigenvalue weighted by Gasteiger charge is 2.30. The van der Waals surface area contributed by atoms with Gasteiger partial charge in [-0.05, 0) is 46.6 Å². The van der Waals surface area contributed by atoms with Crippen molar-refractivity contribution >= 4 is 6.09 Å². The standard InChI is InChI=1S/C14H28N2O3/c1-6-16-8-11(10(2)17)7-12(9-16)15-13(18)19-14(3,4)5/h10-12,17H,6-9H2,1-5H3,(H,15,18). The molecule has 0 aromatic rings. The van der Waals surface area contributed by atoms with Gasteiger partial charge in [0, 0.05) is 19.1 Å². The Hall–Kier alpha value is -0.810. The normalized spacial score (nSPS) is 26.8. The van der Waals surface area contributed by atoms with Crippen LogP contribution in [0, 0.1) is 5.92 Å². The molecule has 1 aliphatic rings. The highest BCUT2D eigenvalue weighted by molar-refractivity contribution is 5.68. The number of likely N-dealkylation sites (N-methyl/N-ethyl adjacent to an activating group) is 1. The largest absolute Gasteiger partial charge is 0.444 e. The second kappa shape index (κ2) is 6.57. The average Bonchev–Trinajstić information content (AvgIpc) is 2.25. The summed E-state index contributed by atoms with van der Waals surface area (Å²) in [5, 5.41) is 12.7. The Morgan fingerprint density at radius 1 is 1.47 bits per heavy atom. The fourth-order valence-electron chi connectivity index (χ4n) is 2.42. The Morgan fingerprint density at radius 2 is 2.11 bits per heavy atom. The number of alkyl carbamates (subject to hydrolysis) is 1. The Morgan fingerprint density at radius 3 is 2.58 bits per heavy atom. The van der Waals surface area contributed by atoms with Crippen LogP contribution in [0.3, 0.4) is 0 Å². The van der Waals surface area contributed by atoms with Crippen molar-refractivity contribution in [2.45, 2.75) is 58.8 Å². The number of aliphatic hydroxyl groups excluding tert-OH is 1. The Labute approximate surface area is 116 Å². The van der Waals surface area contributed by atoms with Gasteiger partial charge in [-0.2, -0.15) is 0 Å². The third-order valence-corrected chi connectivity index (χ3v) is 3.41. The van der Waals surface area contributed by atoms with Gasteiger partial charge >= 0.3 is 6.09 Å². The van der Waals surface area contributed by atoms with E-state index in [0.717, 1.165) is 26.1 Å². The fraction of sp³-hybridized carbons (Fsp3) is 0.929. The number of likely N-dealkylation sites (tertiary alicyclic amines) is 1. The van der Waals surface area contributed by atoms with Crippen molar-refractivity contribution < 1.29 is 14.6 Å². The first-order valence-corrected chi connectivity index (χ1v) is 7.11. The molecule has 0 aromatic carbocycles. The number of piperidine rings is 1. The molecule has 5 nitrogen and oxygen atoms in total. The highest BCUT2D eigenvalue weighted by atomic mass is 16.6. The van der Waals surface area contributed by atoms with Crippen molar-refractivity contribution in [3.63, 3.8) is 0 Å². The van der Waals surface area contributed by atoms with E-state index in [1.165, 1.54) is 0 Å². The molecule has 112 valence electrons. The van der Waals surface area contributed by atoms with Crippen molar-refractivity contribution in [1.29, 1.82) is 0 Å². The summed E-state index contributed by atoms with van der Waals surface area (Å²) < 4.78 is 5.27. The molecule has 1 rings (SSSR count). The summed E-state index contributed by atoms with van der Waals surface area (Å²) in [6.07, 6.45) is 0.0741. The predicted molar refractivity (Wildman–Crippen MR) is 75.1 cm³/mol. The number of ether oxygens (including phenoxy) is 1. The second-order valence-electron chi connectivity index (χ2n) is 6.43. The Bertz CT molecular complexity index is 300. The summed E-state index contributed by atoms with van der Waals surface area (Å²) in [6.45, 7) is 12.1. The molecule has 1 amide bonds. The van der Waals surface area contributed by atoms with Gasteiger partial charge in [0.1, 0.15) is 5.60 Å². The van der Waals surface area contributed by atoms with E-state index in [2.05, 4.69) is 17.1 Å². The molecule has 1 saturated heterocycles. The zero-order chi connectivity index (χ0) is 14.6. The number of aliphatic hydroxyl groups is 1. The van der Waals surface area contributed by atoms with Gasteiger partial charge in [0.2, 0.25) is 0 Å². The zero-order valence-electron chi connectivity index (χ0n) is 12.8. The number of carbonyl (C=O) groups excluding carboxylic acids is 1. The van der Waals surface area contributed by atoms with Gasteiger partial charge < -0.3 is 20.1 Å². The number of carbonyl (C=O) groups is 1. The van der Waals surface area contributed by atoms with Crippen LogP contribution in [0.4, 0.5) is 4.79 Å². The molecule has 1 aliphatic heterocycles. The molecule has 0 saturated carbocycles. The molecule has 0 spiro atoms. The lowest BCUT2D eigenvalue weighted by molar-refractivity contribution is 0.0312. The summed E-state index contributed by atoms with van der Waals surface area (Å²) in [6, 6.07) is 0.0446. The van der Waals surface area contributed by atoms with Crippen LogP contribution in [0.2, 0.25) is 0 Å². The third kappa shape index (κ3) is 5.78. The SMILES string of the molecule is CCN1CC(NC(=O)OC(C)(C)C)CC(C(C)O)C1. The molecular weight excluding hydrogens is 244 g/mol. The topological polar surface area (TPSA) is 61.8 Å². The van der Waals surface area contributed by atoms with Crippen LogP contribution in [0.5, 0.6) is 0 Å². The number of nitrogens with zero attached hydrogens (tertiary/aromatic N) is 1. The van der Waals surface area contributed by atoms with Gasteiger partial charge in [-0.1, -0.05) is 6.92 Å². The number of nitrogens with one attached hydrogen (secondary N) is 1. The molecular formula is C14H28N2O3. The molecule has 3 unspecified atom stereocenters. The third-order valence-electron chi connectivity index (χ3n) is 3.41. The molecule has 2 N–H and O–H groups in total. The first kappa shape index (κ1) is 16.2. The minimum Gasteiger partial charge on any atom is -0.444 e. The lowest BCUT2D eigenvalue weighted by Crippen LogP contribution is -2.53. The van der Waals surface area contributed by atoms with E-state index in [0.29, 0.717) is 0 Å². The predicted octanol–water partition coefficient (Wildman–Crippen LogP) is 1.60. The van der Waals surface area contributed by atoms with Crippen LogP contribution >= 0.6 is 0 Å². The van der Waals surface area contributed by atoms with E-state index < -0.39 is 5.60 Å². The molecule has 0 radical (unpaired) electrons. The molecule has 0 bridgehead atoms. The minimum atomic E-state index is -0.479. The molecule has 0 aromatic heterocycles. The van der Waals surface area contributed by atoms with Gasteiger partial charge in [0.25, 0.3) is 0 Å². The lowest BCUT2D eigenvalue weighted by Gasteiger charge is -2.38. The van der Waals surface area contributed by atoms with Crippen molar-refractivity contribution in [2.75, 3.05) is 19.6 Å². The van der Waals surface area contributed by atoms with Gasteiger partial charge in [-0.25, -0.2) is 4.79 Å². The van der Waals surface area contributed by atoms with Crippen LogP contribution in [-0.4, -0.2) is 53.5 Å². The van der Waals surface area contributed by atoms with Crippen LogP contribution in [0.1, 0.15) is 41.0 Å². The zero-order valence-corrected chi connectivity index (χ0v) is 12.8. The van der Waals surface area contributed by atoms with E-state index in [9.17, 15) is 9.90 Å². The van der Waals surface area contributed by atoms with Crippen molar-refractivity contribution in [2.24, 2.45) is 5.92 Å². The van der Waals surface area contributed by atoms with Crippen molar-refractivity contribution in [3.05, 3.63) is 0 Å². The summed E-state index contributed by atoms with van der Waals surface area (Å²) in [7, 11) is 0. The summed E-state index contributed by atoms with van der Waals surface area (Å²) >= 11 is 0. The summed E-state index contributed by atoms with van der Waals surface area (Å²) in [5.41, 5.74) is -0.479. The molecule has 19 heavy (non-hydrogen) atoms. The van der Waals surface area contributed by atoms with Crippen molar-refractivity contribution in [3.8, 4) is 0 Å². The number of hydrogen-bond donors (Lipinski definition) is 2. The van der Waals surface area contributed by atoms with Gasteiger partial charge in [0.15, 0.2) is 0 Å². The average molecular weight is 272 g/mol. The molecule has 5 heteroatoms. The first-order valence-electron chi connectivity index (χ1n) is 7.11. The molecule has 3 atom stereocenters. The Balaban J connectivity index is 2.54. The minimum absolute atomic E-state index is 0.0446. The van der Waals surface area contributed by atoms with Gasteiger partial charge in [-0.3, -0.25) is 0 Å². The molecule has 1 heterocycles. The van der Waals surface area contributed by atoms with E-state index >= 15 is 0 Å². The molecule has 1 fully saturated rings. The van der Waals surface area contributed by atoms with Gasteiger partial charge in [0.05, 0.1) is 6.10 Å².